The van der Waals surface area contributed by atoms with E-state index in [4.69, 9.17) is 28.2 Å². The zero-order valence-electron chi connectivity index (χ0n) is 17.8. The predicted molar refractivity (Wildman–Crippen MR) is 127 cm³/mol. The quantitative estimate of drug-likeness (QED) is 0.609. The third-order valence-corrected chi connectivity index (χ3v) is 7.06. The summed E-state index contributed by atoms with van der Waals surface area (Å²) < 4.78 is 1.94. The number of fused-ring (bicyclic) bond motifs is 2. The third kappa shape index (κ3) is 4.29. The number of anilines is 1. The molecule has 7 nitrogen and oxygen atoms in total. The number of carbonyl (C=O) groups is 1. The number of hydrogen-bond acceptors (Lipinski definition) is 5. The fraction of sp³-hybridized carbons (Fsp3) is 0.435. The van der Waals surface area contributed by atoms with Crippen LogP contribution in [0.25, 0.3) is 5.65 Å². The van der Waals surface area contributed by atoms with E-state index in [2.05, 4.69) is 20.6 Å². The van der Waals surface area contributed by atoms with Crippen molar-refractivity contribution in [2.75, 3.05) is 31.1 Å². The Morgan fingerprint density at radius 3 is 2.94 bits per heavy atom. The zero-order chi connectivity index (χ0) is 22.1. The first-order valence-electron chi connectivity index (χ1n) is 11.1. The Balaban J connectivity index is 1.35. The molecular formula is C23H26Cl2N6O. The smallest absolute Gasteiger partial charge is 0.225 e. The van der Waals surface area contributed by atoms with Crippen molar-refractivity contribution in [3.05, 3.63) is 57.3 Å². The molecule has 168 valence electrons. The van der Waals surface area contributed by atoms with Gasteiger partial charge in [-0.2, -0.15) is 9.61 Å². The van der Waals surface area contributed by atoms with Gasteiger partial charge in [0, 0.05) is 44.2 Å². The standard InChI is InChI=1S/C23H26Cl2N6O/c24-18-4-3-15(12-19(18)25)13-27-22(32)16-2-1-11-30(14-16)23-17-5-8-26-9-6-20(17)29-21-7-10-28-31(21)23/h3-4,7,10,12,16,26H,1-2,5-6,8-9,11,13-14H2,(H,27,32). The lowest BCUT2D eigenvalue weighted by Crippen LogP contribution is -2.44. The van der Waals surface area contributed by atoms with E-state index in [0.29, 0.717) is 23.1 Å². The Hall–Kier alpha value is -2.35. The Kier molecular flexibility index (Phi) is 6.22. The van der Waals surface area contributed by atoms with Gasteiger partial charge in [0.2, 0.25) is 5.91 Å². The van der Waals surface area contributed by atoms with Crippen LogP contribution in [0.4, 0.5) is 5.82 Å². The van der Waals surface area contributed by atoms with E-state index in [-0.39, 0.29) is 11.8 Å². The number of nitrogens with one attached hydrogen (secondary N) is 2. The Morgan fingerprint density at radius 2 is 2.06 bits per heavy atom. The van der Waals surface area contributed by atoms with E-state index in [0.717, 1.165) is 68.0 Å². The molecule has 2 aliphatic rings. The van der Waals surface area contributed by atoms with E-state index in [1.807, 2.05) is 16.6 Å². The molecule has 4 heterocycles. The lowest BCUT2D eigenvalue weighted by molar-refractivity contribution is -0.125. The van der Waals surface area contributed by atoms with Crippen LogP contribution in [0, 0.1) is 5.92 Å². The van der Waals surface area contributed by atoms with Crippen LogP contribution in [0.5, 0.6) is 0 Å². The first kappa shape index (κ1) is 21.5. The van der Waals surface area contributed by atoms with Gasteiger partial charge in [0.05, 0.1) is 27.9 Å². The fourth-order valence-corrected chi connectivity index (χ4v) is 5.03. The van der Waals surface area contributed by atoms with Gasteiger partial charge in [-0.15, -0.1) is 0 Å². The summed E-state index contributed by atoms with van der Waals surface area (Å²) in [6, 6.07) is 7.39. The van der Waals surface area contributed by atoms with E-state index in [9.17, 15) is 4.79 Å². The summed E-state index contributed by atoms with van der Waals surface area (Å²) in [7, 11) is 0. The highest BCUT2D eigenvalue weighted by Crippen LogP contribution is 2.30. The molecule has 2 aliphatic heterocycles. The van der Waals surface area contributed by atoms with Crippen LogP contribution in [-0.2, 0) is 24.2 Å². The van der Waals surface area contributed by atoms with Gasteiger partial charge < -0.3 is 15.5 Å². The summed E-state index contributed by atoms with van der Waals surface area (Å²) in [6.07, 6.45) is 5.46. The van der Waals surface area contributed by atoms with Crippen LogP contribution in [0.15, 0.2) is 30.5 Å². The molecule has 1 atom stereocenters. The van der Waals surface area contributed by atoms with Gasteiger partial charge >= 0.3 is 0 Å². The monoisotopic (exact) mass is 472 g/mol. The molecule has 3 aromatic rings. The molecule has 1 unspecified atom stereocenters. The van der Waals surface area contributed by atoms with Gasteiger partial charge in [-0.3, -0.25) is 4.79 Å². The zero-order valence-corrected chi connectivity index (χ0v) is 19.3. The molecule has 0 radical (unpaired) electrons. The highest BCUT2D eigenvalue weighted by atomic mass is 35.5. The maximum absolute atomic E-state index is 13.0. The maximum atomic E-state index is 13.0. The van der Waals surface area contributed by atoms with E-state index in [1.54, 1.807) is 18.3 Å². The van der Waals surface area contributed by atoms with Gasteiger partial charge in [-0.25, -0.2) is 4.98 Å². The summed E-state index contributed by atoms with van der Waals surface area (Å²) in [5.74, 6) is 1.09. The average molecular weight is 473 g/mol. The number of hydrogen-bond donors (Lipinski definition) is 2. The van der Waals surface area contributed by atoms with Crippen molar-refractivity contribution in [2.45, 2.75) is 32.2 Å². The largest absolute Gasteiger partial charge is 0.355 e. The normalized spacial score (nSPS) is 18.9. The van der Waals surface area contributed by atoms with Gasteiger partial charge in [0.25, 0.3) is 0 Å². The molecule has 2 N–H and O–H groups in total. The topological polar surface area (TPSA) is 74.6 Å². The van der Waals surface area contributed by atoms with Crippen molar-refractivity contribution in [3.63, 3.8) is 0 Å². The van der Waals surface area contributed by atoms with Gasteiger partial charge in [-0.1, -0.05) is 29.3 Å². The predicted octanol–water partition coefficient (Wildman–Crippen LogP) is 3.26. The number of amides is 1. The van der Waals surface area contributed by atoms with Crippen LogP contribution in [-0.4, -0.2) is 46.7 Å². The summed E-state index contributed by atoms with van der Waals surface area (Å²) in [6.45, 7) is 3.88. The average Bonchev–Trinajstić information content (AvgIpc) is 3.14. The van der Waals surface area contributed by atoms with Crippen LogP contribution in [0.3, 0.4) is 0 Å². The van der Waals surface area contributed by atoms with Crippen molar-refractivity contribution in [2.24, 2.45) is 5.92 Å². The molecular weight excluding hydrogens is 447 g/mol. The molecule has 2 aromatic heterocycles. The Labute approximate surface area is 197 Å². The number of aromatic nitrogens is 3. The Morgan fingerprint density at radius 1 is 1.19 bits per heavy atom. The lowest BCUT2D eigenvalue weighted by atomic mass is 9.96. The molecule has 1 amide bonds. The van der Waals surface area contributed by atoms with Gasteiger partial charge in [0.15, 0.2) is 5.65 Å². The first-order chi connectivity index (χ1) is 15.6. The fourth-order valence-electron chi connectivity index (χ4n) is 4.71. The molecule has 1 aromatic carbocycles. The van der Waals surface area contributed by atoms with Crippen LogP contribution in [0.2, 0.25) is 10.0 Å². The van der Waals surface area contributed by atoms with Crippen molar-refractivity contribution in [1.29, 1.82) is 0 Å². The molecule has 0 spiro atoms. The first-order valence-corrected chi connectivity index (χ1v) is 11.9. The Bertz CT molecular complexity index is 1150. The third-order valence-electron chi connectivity index (χ3n) is 6.32. The molecule has 0 aliphatic carbocycles. The van der Waals surface area contributed by atoms with Crippen molar-refractivity contribution in [1.82, 2.24) is 25.2 Å². The van der Waals surface area contributed by atoms with Gasteiger partial charge in [-0.05, 0) is 43.5 Å². The number of carbonyl (C=O) groups excluding carboxylic acids is 1. The minimum Gasteiger partial charge on any atom is -0.355 e. The highest BCUT2D eigenvalue weighted by molar-refractivity contribution is 6.42. The molecule has 1 saturated heterocycles. The van der Waals surface area contributed by atoms with Crippen molar-refractivity contribution in [3.8, 4) is 0 Å². The minimum absolute atomic E-state index is 0.0688. The number of rotatable bonds is 4. The number of piperidine rings is 1. The number of benzene rings is 1. The van der Waals surface area contributed by atoms with Crippen molar-refractivity contribution >= 4 is 40.6 Å². The van der Waals surface area contributed by atoms with E-state index >= 15 is 0 Å². The second-order valence-electron chi connectivity index (χ2n) is 8.46. The molecule has 1 fully saturated rings. The molecule has 32 heavy (non-hydrogen) atoms. The van der Waals surface area contributed by atoms with Crippen LogP contribution >= 0.6 is 23.2 Å². The van der Waals surface area contributed by atoms with Crippen molar-refractivity contribution < 1.29 is 4.79 Å². The van der Waals surface area contributed by atoms with Crippen LogP contribution in [0.1, 0.15) is 29.7 Å². The molecule has 9 heteroatoms. The lowest BCUT2D eigenvalue weighted by Gasteiger charge is -2.35. The van der Waals surface area contributed by atoms with Crippen LogP contribution < -0.4 is 15.5 Å². The summed E-state index contributed by atoms with van der Waals surface area (Å²) >= 11 is 12.1. The minimum atomic E-state index is -0.0788. The summed E-state index contributed by atoms with van der Waals surface area (Å²) in [4.78, 5) is 20.2. The SMILES string of the molecule is O=C(NCc1ccc(Cl)c(Cl)c1)C1CCCN(c2c3c(nc4ccnn24)CCNCC3)C1. The maximum Gasteiger partial charge on any atom is 0.225 e. The van der Waals surface area contributed by atoms with E-state index in [1.165, 1.54) is 5.56 Å². The molecule has 0 saturated carbocycles. The van der Waals surface area contributed by atoms with Gasteiger partial charge in [0.1, 0.15) is 5.82 Å². The second-order valence-corrected chi connectivity index (χ2v) is 9.28. The summed E-state index contributed by atoms with van der Waals surface area (Å²) in [5.41, 5.74) is 4.20. The molecule has 0 bridgehead atoms. The number of halogens is 2. The molecule has 5 rings (SSSR count). The highest BCUT2D eigenvalue weighted by Gasteiger charge is 2.30. The second kappa shape index (κ2) is 9.25. The van der Waals surface area contributed by atoms with E-state index < -0.39 is 0 Å². The number of nitrogens with zero attached hydrogens (tertiary/aromatic N) is 4. The summed E-state index contributed by atoms with van der Waals surface area (Å²) in [5, 5.41) is 12.1.